The molecule has 0 saturated carbocycles. The lowest BCUT2D eigenvalue weighted by molar-refractivity contribution is -0.274. The number of hydrogen-bond donors (Lipinski definition) is 0. The average Bonchev–Trinajstić information content (AvgIpc) is 3.10. The van der Waals surface area contributed by atoms with Gasteiger partial charge in [-0.2, -0.15) is 0 Å². The molecule has 0 aliphatic carbocycles. The number of carbonyl (C=O) groups is 1. The molecule has 2 aromatic carbocycles. The zero-order valence-corrected chi connectivity index (χ0v) is 19.3. The minimum absolute atomic E-state index is 0. The largest absolute Gasteiger partial charge is 0.573 e. The van der Waals surface area contributed by atoms with Crippen molar-refractivity contribution >= 4 is 45.0 Å². The van der Waals surface area contributed by atoms with Crippen LogP contribution in [0.5, 0.6) is 11.5 Å². The van der Waals surface area contributed by atoms with Gasteiger partial charge < -0.3 is 14.4 Å². The molecular weight excluding hydrogens is 467 g/mol. The van der Waals surface area contributed by atoms with Crippen LogP contribution in [0.3, 0.4) is 0 Å². The molecule has 32 heavy (non-hydrogen) atoms. The van der Waals surface area contributed by atoms with Gasteiger partial charge in [-0.05, 0) is 57.4 Å². The van der Waals surface area contributed by atoms with Crippen molar-refractivity contribution in [1.29, 1.82) is 0 Å². The predicted octanol–water partition coefficient (Wildman–Crippen LogP) is 5.22. The number of hydrogen-bond acceptors (Lipinski definition) is 6. The number of carbonyl (C=O) groups excluding carboxylic acids is 1. The van der Waals surface area contributed by atoms with Gasteiger partial charge in [-0.15, -0.1) is 25.6 Å². The number of aromatic nitrogens is 1. The molecule has 0 radical (unpaired) electrons. The molecule has 11 heteroatoms. The molecule has 0 atom stereocenters. The van der Waals surface area contributed by atoms with Crippen molar-refractivity contribution in [2.75, 3.05) is 38.7 Å². The van der Waals surface area contributed by atoms with E-state index in [-0.39, 0.29) is 24.1 Å². The van der Waals surface area contributed by atoms with E-state index in [1.54, 1.807) is 24.3 Å². The first-order valence-electron chi connectivity index (χ1n) is 9.52. The molecule has 0 aliphatic rings. The molecule has 6 nitrogen and oxygen atoms in total. The smallest absolute Gasteiger partial charge is 0.494 e. The van der Waals surface area contributed by atoms with Crippen LogP contribution in [0.2, 0.25) is 0 Å². The molecule has 0 spiro atoms. The number of alkyl halides is 3. The van der Waals surface area contributed by atoms with Crippen LogP contribution >= 0.6 is 23.7 Å². The highest BCUT2D eigenvalue weighted by molar-refractivity contribution is 7.22. The number of ether oxygens (including phenoxy) is 2. The van der Waals surface area contributed by atoms with E-state index in [0.717, 1.165) is 11.3 Å². The molecule has 1 amide bonds. The molecule has 174 valence electrons. The Morgan fingerprint density at radius 3 is 2.31 bits per heavy atom. The first-order chi connectivity index (χ1) is 14.7. The number of benzene rings is 2. The minimum atomic E-state index is -4.78. The number of halogens is 4. The summed E-state index contributed by atoms with van der Waals surface area (Å²) in [5, 5.41) is 0.403. The van der Waals surface area contributed by atoms with Gasteiger partial charge in [0.2, 0.25) is 0 Å². The van der Waals surface area contributed by atoms with Gasteiger partial charge in [0.1, 0.15) is 11.5 Å². The van der Waals surface area contributed by atoms with Crippen molar-refractivity contribution in [2.24, 2.45) is 0 Å². The maximum Gasteiger partial charge on any atom is 0.573 e. The Morgan fingerprint density at radius 1 is 1.06 bits per heavy atom. The van der Waals surface area contributed by atoms with E-state index < -0.39 is 6.36 Å². The number of rotatable bonds is 8. The second-order valence-corrected chi connectivity index (χ2v) is 7.90. The van der Waals surface area contributed by atoms with Crippen LogP contribution < -0.4 is 14.4 Å². The summed E-state index contributed by atoms with van der Waals surface area (Å²) in [4.78, 5) is 21.1. The summed E-state index contributed by atoms with van der Waals surface area (Å²) in [7, 11) is 3.78. The molecule has 0 bridgehead atoms. The predicted molar refractivity (Wildman–Crippen MR) is 121 cm³/mol. The van der Waals surface area contributed by atoms with Crippen molar-refractivity contribution in [3.05, 3.63) is 48.0 Å². The zero-order valence-electron chi connectivity index (χ0n) is 17.7. The fourth-order valence-electron chi connectivity index (χ4n) is 2.81. The lowest BCUT2D eigenvalue weighted by Gasteiger charge is -2.22. The van der Waals surface area contributed by atoms with Crippen molar-refractivity contribution in [2.45, 2.75) is 13.3 Å². The second-order valence-electron chi connectivity index (χ2n) is 6.89. The van der Waals surface area contributed by atoms with Gasteiger partial charge in [0.15, 0.2) is 5.13 Å². The Balaban J connectivity index is 0.00000363. The topological polar surface area (TPSA) is 54.9 Å². The van der Waals surface area contributed by atoms with Crippen LogP contribution in [0.15, 0.2) is 42.5 Å². The molecule has 0 aliphatic heterocycles. The van der Waals surface area contributed by atoms with E-state index >= 15 is 0 Å². The number of likely N-dealkylation sites (N-methyl/N-ethyl adjacent to an activating group) is 1. The lowest BCUT2D eigenvalue weighted by Crippen LogP contribution is -2.36. The van der Waals surface area contributed by atoms with E-state index in [4.69, 9.17) is 4.74 Å². The van der Waals surface area contributed by atoms with Crippen LogP contribution in [0, 0.1) is 0 Å². The third-order valence-electron chi connectivity index (χ3n) is 4.24. The molecule has 0 N–H and O–H groups in total. The Hall–Kier alpha value is -2.56. The van der Waals surface area contributed by atoms with E-state index in [0.29, 0.717) is 46.4 Å². The maximum atomic E-state index is 13.2. The highest BCUT2D eigenvalue weighted by atomic mass is 35.5. The highest BCUT2D eigenvalue weighted by Crippen LogP contribution is 2.34. The Morgan fingerprint density at radius 2 is 1.72 bits per heavy atom. The van der Waals surface area contributed by atoms with Gasteiger partial charge >= 0.3 is 6.36 Å². The third-order valence-corrected chi connectivity index (χ3v) is 5.28. The SMILES string of the molecule is CCOc1ccc(C(=O)N(CCN(C)C)c2nc3ccc(OC(F)(F)F)cc3s2)cc1.Cl. The Labute approximate surface area is 194 Å². The minimum Gasteiger partial charge on any atom is -0.494 e. The first-order valence-corrected chi connectivity index (χ1v) is 10.3. The van der Waals surface area contributed by atoms with E-state index in [1.807, 2.05) is 25.9 Å². The van der Waals surface area contributed by atoms with Gasteiger partial charge in [0.25, 0.3) is 5.91 Å². The quantitative estimate of drug-likeness (QED) is 0.434. The normalized spacial score (nSPS) is 11.3. The van der Waals surface area contributed by atoms with Crippen LogP contribution in [-0.2, 0) is 0 Å². The molecule has 0 unspecified atom stereocenters. The number of thiazole rings is 1. The van der Waals surface area contributed by atoms with Gasteiger partial charge in [-0.25, -0.2) is 4.98 Å². The second kappa shape index (κ2) is 10.8. The summed E-state index contributed by atoms with van der Waals surface area (Å²) >= 11 is 1.13. The van der Waals surface area contributed by atoms with Crippen molar-refractivity contribution in [3.63, 3.8) is 0 Å². The molecule has 1 aromatic heterocycles. The first kappa shape index (κ1) is 25.7. The van der Waals surface area contributed by atoms with Gasteiger partial charge in [-0.3, -0.25) is 9.69 Å². The summed E-state index contributed by atoms with van der Waals surface area (Å²) in [6, 6.07) is 10.7. The molecule has 3 rings (SSSR count). The zero-order chi connectivity index (χ0) is 22.6. The summed E-state index contributed by atoms with van der Waals surface area (Å²) < 4.78 is 47.5. The van der Waals surface area contributed by atoms with Crippen LogP contribution in [-0.4, -0.2) is 55.9 Å². The van der Waals surface area contributed by atoms with Gasteiger partial charge in [0.05, 0.1) is 16.8 Å². The lowest BCUT2D eigenvalue weighted by atomic mass is 10.2. The van der Waals surface area contributed by atoms with Gasteiger partial charge in [0, 0.05) is 24.7 Å². The van der Waals surface area contributed by atoms with Gasteiger partial charge in [-0.1, -0.05) is 11.3 Å². The number of amides is 1. The van der Waals surface area contributed by atoms with Crippen LogP contribution in [0.1, 0.15) is 17.3 Å². The molecule has 0 fully saturated rings. The summed E-state index contributed by atoms with van der Waals surface area (Å²) in [6.07, 6.45) is -4.78. The number of nitrogens with zero attached hydrogens (tertiary/aromatic N) is 3. The molecule has 3 aromatic rings. The number of fused-ring (bicyclic) bond motifs is 1. The van der Waals surface area contributed by atoms with Crippen molar-refractivity contribution in [3.8, 4) is 11.5 Å². The monoisotopic (exact) mass is 489 g/mol. The van der Waals surface area contributed by atoms with E-state index in [2.05, 4.69) is 9.72 Å². The summed E-state index contributed by atoms with van der Waals surface area (Å²) in [5.41, 5.74) is 0.950. The maximum absolute atomic E-state index is 13.2. The van der Waals surface area contributed by atoms with Crippen LogP contribution in [0.4, 0.5) is 18.3 Å². The highest BCUT2D eigenvalue weighted by Gasteiger charge is 2.31. The fourth-order valence-corrected chi connectivity index (χ4v) is 3.82. The Bertz CT molecular complexity index is 1040. The molecule has 1 heterocycles. The Kier molecular flexibility index (Phi) is 8.71. The molecular formula is C21H23ClF3N3O3S. The molecule has 0 saturated heterocycles. The third kappa shape index (κ3) is 6.72. The fraction of sp³-hybridized carbons (Fsp3) is 0.333. The standard InChI is InChI=1S/C21H22F3N3O3S.ClH/c1-4-29-15-7-5-14(6-8-15)19(28)27(12-11-26(2)3)20-25-17-10-9-16(13-18(17)31-20)30-21(22,23)24;/h5-10,13H,4,11-12H2,1-3H3;1H. The van der Waals surface area contributed by atoms with E-state index in [1.165, 1.54) is 23.1 Å². The van der Waals surface area contributed by atoms with Crippen molar-refractivity contribution < 1.29 is 27.4 Å². The van der Waals surface area contributed by atoms with Crippen LogP contribution in [0.25, 0.3) is 10.2 Å². The van der Waals surface area contributed by atoms with E-state index in [9.17, 15) is 18.0 Å². The van der Waals surface area contributed by atoms with Crippen molar-refractivity contribution in [1.82, 2.24) is 9.88 Å². The average molecular weight is 490 g/mol. The number of anilines is 1. The summed E-state index contributed by atoms with van der Waals surface area (Å²) in [6.45, 7) is 3.35. The summed E-state index contributed by atoms with van der Waals surface area (Å²) in [5.74, 6) is 0.0830.